The van der Waals surface area contributed by atoms with E-state index in [4.69, 9.17) is 0 Å². The SMILES string of the molecule is Cc1cc(C)c(CNC(=O)NC2CCC(O)CC2)c(C)c1. The minimum atomic E-state index is -0.191. The van der Waals surface area contributed by atoms with Crippen LogP contribution < -0.4 is 10.6 Å². The van der Waals surface area contributed by atoms with Crippen molar-refractivity contribution in [1.82, 2.24) is 10.6 Å². The Balaban J connectivity index is 1.84. The zero-order chi connectivity index (χ0) is 15.4. The molecule has 2 amide bonds. The first kappa shape index (κ1) is 15.8. The average Bonchev–Trinajstić information content (AvgIpc) is 2.40. The number of rotatable bonds is 3. The van der Waals surface area contributed by atoms with Crippen molar-refractivity contribution < 1.29 is 9.90 Å². The van der Waals surface area contributed by atoms with Gasteiger partial charge in [-0.15, -0.1) is 0 Å². The van der Waals surface area contributed by atoms with E-state index in [-0.39, 0.29) is 18.2 Å². The lowest BCUT2D eigenvalue weighted by molar-refractivity contribution is 0.117. The van der Waals surface area contributed by atoms with Gasteiger partial charge in [-0.3, -0.25) is 0 Å². The van der Waals surface area contributed by atoms with Crippen LogP contribution in [0.15, 0.2) is 12.1 Å². The van der Waals surface area contributed by atoms with Crippen LogP contribution in [-0.2, 0) is 6.54 Å². The van der Waals surface area contributed by atoms with Crippen molar-refractivity contribution >= 4 is 6.03 Å². The van der Waals surface area contributed by atoms with E-state index in [9.17, 15) is 9.90 Å². The quantitative estimate of drug-likeness (QED) is 0.801. The van der Waals surface area contributed by atoms with E-state index < -0.39 is 0 Å². The molecule has 0 spiro atoms. The monoisotopic (exact) mass is 290 g/mol. The molecule has 1 aliphatic carbocycles. The average molecular weight is 290 g/mol. The van der Waals surface area contributed by atoms with E-state index in [2.05, 4.69) is 43.5 Å². The third-order valence-electron chi connectivity index (χ3n) is 4.30. The second kappa shape index (κ2) is 6.94. The molecule has 1 fully saturated rings. The third-order valence-corrected chi connectivity index (χ3v) is 4.30. The molecule has 1 aromatic carbocycles. The van der Waals surface area contributed by atoms with Gasteiger partial charge in [0, 0.05) is 12.6 Å². The van der Waals surface area contributed by atoms with E-state index in [1.165, 1.54) is 22.3 Å². The maximum Gasteiger partial charge on any atom is 0.315 e. The summed E-state index contributed by atoms with van der Waals surface area (Å²) in [6, 6.07) is 4.36. The van der Waals surface area contributed by atoms with E-state index in [1.807, 2.05) is 0 Å². The summed E-state index contributed by atoms with van der Waals surface area (Å²) in [6.07, 6.45) is 3.08. The van der Waals surface area contributed by atoms with Gasteiger partial charge in [-0.2, -0.15) is 0 Å². The van der Waals surface area contributed by atoms with E-state index in [0.29, 0.717) is 6.54 Å². The van der Waals surface area contributed by atoms with Gasteiger partial charge in [0.25, 0.3) is 0 Å². The van der Waals surface area contributed by atoms with Gasteiger partial charge in [0.2, 0.25) is 0 Å². The van der Waals surface area contributed by atoms with Crippen LogP contribution in [-0.4, -0.2) is 23.3 Å². The van der Waals surface area contributed by atoms with Crippen LogP contribution in [0.5, 0.6) is 0 Å². The minimum absolute atomic E-state index is 0.115. The van der Waals surface area contributed by atoms with Gasteiger partial charge in [0.15, 0.2) is 0 Å². The molecule has 0 atom stereocenters. The fourth-order valence-electron chi connectivity index (χ4n) is 3.11. The van der Waals surface area contributed by atoms with Crippen molar-refractivity contribution in [2.24, 2.45) is 0 Å². The van der Waals surface area contributed by atoms with Crippen LogP contribution in [0.1, 0.15) is 47.9 Å². The normalized spacial score (nSPS) is 21.9. The molecule has 0 unspecified atom stereocenters. The molecule has 21 heavy (non-hydrogen) atoms. The molecular weight excluding hydrogens is 264 g/mol. The predicted octanol–water partition coefficient (Wildman–Crippen LogP) is 2.71. The van der Waals surface area contributed by atoms with Crippen LogP contribution >= 0.6 is 0 Å². The number of aryl methyl sites for hydroxylation is 3. The number of aliphatic hydroxyl groups excluding tert-OH is 1. The van der Waals surface area contributed by atoms with Crippen LogP contribution in [0.2, 0.25) is 0 Å². The molecule has 0 radical (unpaired) electrons. The van der Waals surface area contributed by atoms with Crippen molar-refractivity contribution in [2.45, 2.75) is 65.1 Å². The minimum Gasteiger partial charge on any atom is -0.393 e. The summed E-state index contributed by atoms with van der Waals surface area (Å²) in [5, 5.41) is 15.4. The highest BCUT2D eigenvalue weighted by Crippen LogP contribution is 2.18. The Bertz CT molecular complexity index is 483. The largest absolute Gasteiger partial charge is 0.393 e. The molecule has 3 N–H and O–H groups in total. The van der Waals surface area contributed by atoms with E-state index >= 15 is 0 Å². The Morgan fingerprint density at radius 1 is 1.14 bits per heavy atom. The predicted molar refractivity (Wildman–Crippen MR) is 84.3 cm³/mol. The lowest BCUT2D eigenvalue weighted by Gasteiger charge is -2.26. The number of nitrogens with one attached hydrogen (secondary N) is 2. The van der Waals surface area contributed by atoms with Crippen molar-refractivity contribution in [3.8, 4) is 0 Å². The standard InChI is InChI=1S/C17H26N2O2/c1-11-8-12(2)16(13(3)9-11)10-18-17(21)19-14-4-6-15(20)7-5-14/h8-9,14-15,20H,4-7,10H2,1-3H3,(H2,18,19,21). The van der Waals surface area contributed by atoms with Gasteiger partial charge in [-0.1, -0.05) is 17.7 Å². The molecule has 0 bridgehead atoms. The number of hydrogen-bond acceptors (Lipinski definition) is 2. The second-order valence-electron chi connectivity index (χ2n) is 6.21. The number of aliphatic hydroxyl groups is 1. The summed E-state index contributed by atoms with van der Waals surface area (Å²) in [5.74, 6) is 0. The van der Waals surface area contributed by atoms with Crippen LogP contribution in [0, 0.1) is 20.8 Å². The third kappa shape index (κ3) is 4.46. The van der Waals surface area contributed by atoms with Gasteiger partial charge in [-0.05, 0) is 63.1 Å². The van der Waals surface area contributed by atoms with E-state index in [1.54, 1.807) is 0 Å². The Hall–Kier alpha value is -1.55. The van der Waals surface area contributed by atoms with Crippen LogP contribution in [0.3, 0.4) is 0 Å². The first-order chi connectivity index (χ1) is 9.95. The van der Waals surface area contributed by atoms with E-state index in [0.717, 1.165) is 25.7 Å². The Labute approximate surface area is 126 Å². The van der Waals surface area contributed by atoms with Crippen molar-refractivity contribution in [1.29, 1.82) is 0 Å². The molecule has 1 aliphatic rings. The zero-order valence-corrected chi connectivity index (χ0v) is 13.2. The van der Waals surface area contributed by atoms with Crippen LogP contribution in [0.4, 0.5) is 4.79 Å². The summed E-state index contributed by atoms with van der Waals surface area (Å²) >= 11 is 0. The number of carbonyl (C=O) groups is 1. The summed E-state index contributed by atoms with van der Waals surface area (Å²) in [6.45, 7) is 6.80. The van der Waals surface area contributed by atoms with Gasteiger partial charge in [-0.25, -0.2) is 4.79 Å². The molecule has 116 valence electrons. The first-order valence-corrected chi connectivity index (χ1v) is 7.75. The lowest BCUT2D eigenvalue weighted by Crippen LogP contribution is -2.44. The first-order valence-electron chi connectivity index (χ1n) is 7.75. The second-order valence-corrected chi connectivity index (χ2v) is 6.21. The molecule has 0 aliphatic heterocycles. The van der Waals surface area contributed by atoms with Gasteiger partial charge < -0.3 is 15.7 Å². The number of amides is 2. The summed E-state index contributed by atoms with van der Waals surface area (Å²) in [4.78, 5) is 12.0. The van der Waals surface area contributed by atoms with Gasteiger partial charge >= 0.3 is 6.03 Å². The number of urea groups is 1. The smallest absolute Gasteiger partial charge is 0.315 e. The highest BCUT2D eigenvalue weighted by atomic mass is 16.3. The van der Waals surface area contributed by atoms with Crippen molar-refractivity contribution in [3.05, 3.63) is 34.4 Å². The molecule has 0 aromatic heterocycles. The molecule has 1 saturated carbocycles. The summed E-state index contributed by atoms with van der Waals surface area (Å²) < 4.78 is 0. The van der Waals surface area contributed by atoms with Gasteiger partial charge in [0.05, 0.1) is 6.10 Å². The van der Waals surface area contributed by atoms with Crippen molar-refractivity contribution in [3.63, 3.8) is 0 Å². The van der Waals surface area contributed by atoms with Crippen molar-refractivity contribution in [2.75, 3.05) is 0 Å². The molecule has 4 heteroatoms. The Kier molecular flexibility index (Phi) is 5.23. The molecular formula is C17H26N2O2. The highest BCUT2D eigenvalue weighted by Gasteiger charge is 2.20. The fourth-order valence-corrected chi connectivity index (χ4v) is 3.11. The molecule has 4 nitrogen and oxygen atoms in total. The highest BCUT2D eigenvalue weighted by molar-refractivity contribution is 5.74. The van der Waals surface area contributed by atoms with Crippen LogP contribution in [0.25, 0.3) is 0 Å². The zero-order valence-electron chi connectivity index (χ0n) is 13.2. The van der Waals surface area contributed by atoms with Gasteiger partial charge in [0.1, 0.15) is 0 Å². The summed E-state index contributed by atoms with van der Waals surface area (Å²) in [7, 11) is 0. The molecule has 1 aromatic rings. The molecule has 2 rings (SSSR count). The Morgan fingerprint density at radius 2 is 1.71 bits per heavy atom. The summed E-state index contributed by atoms with van der Waals surface area (Å²) in [5.41, 5.74) is 4.87. The number of benzene rings is 1. The number of hydrogen-bond donors (Lipinski definition) is 3. The maximum atomic E-state index is 12.0. The number of carbonyl (C=O) groups excluding carboxylic acids is 1. The lowest BCUT2D eigenvalue weighted by atomic mass is 9.93. The molecule has 0 saturated heterocycles. The topological polar surface area (TPSA) is 61.4 Å². The maximum absolute atomic E-state index is 12.0. The molecule has 0 heterocycles. The fraction of sp³-hybridized carbons (Fsp3) is 0.588. The Morgan fingerprint density at radius 3 is 2.29 bits per heavy atom.